The van der Waals surface area contributed by atoms with Crippen LogP contribution in [0.2, 0.25) is 0 Å². The van der Waals surface area contributed by atoms with Crippen LogP contribution in [-0.2, 0) is 20.2 Å². The Morgan fingerprint density at radius 3 is 2.28 bits per heavy atom. The van der Waals surface area contributed by atoms with Crippen LogP contribution in [0.3, 0.4) is 0 Å². The predicted octanol–water partition coefficient (Wildman–Crippen LogP) is 0.735. The molecule has 2 fully saturated rings. The molecule has 7 nitrogen and oxygen atoms in total. The Balaban J connectivity index is 1.92. The Morgan fingerprint density at radius 1 is 1.20 bits per heavy atom. The average Bonchev–Trinajstić information content (AvgIpc) is 2.92. The molecule has 136 valence electrons. The van der Waals surface area contributed by atoms with Gasteiger partial charge in [-0.3, -0.25) is 9.69 Å². The number of amides is 3. The van der Waals surface area contributed by atoms with E-state index >= 15 is 0 Å². The molecule has 8 heteroatoms. The topological polar surface area (TPSA) is 104 Å². The molecule has 0 spiro atoms. The number of aliphatic hydroxyl groups is 1. The lowest BCUT2D eigenvalue weighted by Gasteiger charge is -2.26. The maximum absolute atomic E-state index is 12.9. The molecule has 1 aromatic rings. The first kappa shape index (κ1) is 17.9. The van der Waals surface area contributed by atoms with E-state index in [4.69, 9.17) is 0 Å². The fraction of sp³-hybridized carbons (Fsp3) is 0.529. The van der Waals surface area contributed by atoms with E-state index in [1.165, 1.54) is 0 Å². The first-order valence-corrected chi connectivity index (χ1v) is 10.0. The summed E-state index contributed by atoms with van der Waals surface area (Å²) in [5.74, 6) is -1.05. The number of urea groups is 1. The molecule has 1 aromatic carbocycles. The number of benzene rings is 1. The highest BCUT2D eigenvalue weighted by molar-refractivity contribution is 7.91. The van der Waals surface area contributed by atoms with E-state index in [1.807, 2.05) is 12.1 Å². The second-order valence-electron chi connectivity index (χ2n) is 7.22. The van der Waals surface area contributed by atoms with Crippen molar-refractivity contribution >= 4 is 21.8 Å². The second-order valence-corrected chi connectivity index (χ2v) is 9.37. The minimum atomic E-state index is -3.47. The molecular formula is C17H22N2O5S. The largest absolute Gasteiger partial charge is 0.390 e. The monoisotopic (exact) mass is 366 g/mol. The summed E-state index contributed by atoms with van der Waals surface area (Å²) in [5, 5.41) is 12.7. The van der Waals surface area contributed by atoms with Crippen molar-refractivity contribution in [3.63, 3.8) is 0 Å². The Morgan fingerprint density at radius 2 is 1.80 bits per heavy atom. The summed E-state index contributed by atoms with van der Waals surface area (Å²) in [6.07, 6.45) is -1.26. The van der Waals surface area contributed by atoms with E-state index < -0.39 is 51.0 Å². The standard InChI is InChI=1S/C17H22N2O5S/c1-10(2)11-4-6-12(7-5-11)17(3)15(21)19(16(22)18-17)13-8-25(23,24)9-14(13)20/h4-7,10,13-14,20H,8-9H2,1-3H3,(H,18,22)/t13-,14+,17+/m1/s1. The van der Waals surface area contributed by atoms with E-state index in [2.05, 4.69) is 19.2 Å². The summed E-state index contributed by atoms with van der Waals surface area (Å²) in [7, 11) is -3.47. The van der Waals surface area contributed by atoms with Gasteiger partial charge in [-0.25, -0.2) is 13.2 Å². The number of imide groups is 1. The Bertz CT molecular complexity index is 818. The van der Waals surface area contributed by atoms with Crippen molar-refractivity contribution in [2.75, 3.05) is 11.5 Å². The van der Waals surface area contributed by atoms with Crippen LogP contribution < -0.4 is 5.32 Å². The minimum Gasteiger partial charge on any atom is -0.390 e. The quantitative estimate of drug-likeness (QED) is 0.768. The van der Waals surface area contributed by atoms with Crippen molar-refractivity contribution in [2.45, 2.75) is 44.4 Å². The SMILES string of the molecule is CC(C)c1ccc([C@]2(C)NC(=O)N([C@@H]3CS(=O)(=O)C[C@@H]3O)C2=O)cc1. The maximum atomic E-state index is 12.9. The maximum Gasteiger partial charge on any atom is 0.325 e. The number of nitrogens with one attached hydrogen (secondary N) is 1. The van der Waals surface area contributed by atoms with Crippen LogP contribution in [0.25, 0.3) is 0 Å². The minimum absolute atomic E-state index is 0.339. The lowest BCUT2D eigenvalue weighted by molar-refractivity contribution is -0.133. The molecule has 2 aliphatic heterocycles. The number of rotatable bonds is 3. The first-order valence-electron chi connectivity index (χ1n) is 8.20. The third kappa shape index (κ3) is 2.93. The highest BCUT2D eigenvalue weighted by atomic mass is 32.2. The van der Waals surface area contributed by atoms with E-state index in [1.54, 1.807) is 19.1 Å². The third-order valence-corrected chi connectivity index (χ3v) is 6.70. The summed E-state index contributed by atoms with van der Waals surface area (Å²) in [5.41, 5.74) is 0.449. The molecule has 3 rings (SSSR count). The number of hydrogen-bond donors (Lipinski definition) is 2. The van der Waals surface area contributed by atoms with Crippen LogP contribution in [0.5, 0.6) is 0 Å². The Labute approximate surface area is 146 Å². The molecule has 3 atom stereocenters. The van der Waals surface area contributed by atoms with Crippen molar-refractivity contribution in [2.24, 2.45) is 0 Å². The predicted molar refractivity (Wildman–Crippen MR) is 91.7 cm³/mol. The zero-order valence-corrected chi connectivity index (χ0v) is 15.2. The summed E-state index contributed by atoms with van der Waals surface area (Å²) >= 11 is 0. The van der Waals surface area contributed by atoms with Crippen LogP contribution in [0.4, 0.5) is 4.79 Å². The molecule has 2 aliphatic rings. The molecule has 0 radical (unpaired) electrons. The molecule has 0 unspecified atom stereocenters. The van der Waals surface area contributed by atoms with Crippen molar-refractivity contribution in [1.29, 1.82) is 0 Å². The summed E-state index contributed by atoms with van der Waals surface area (Å²) in [6, 6.07) is 5.66. The lowest BCUT2D eigenvalue weighted by atomic mass is 9.89. The van der Waals surface area contributed by atoms with Crippen LogP contribution in [0.15, 0.2) is 24.3 Å². The lowest BCUT2D eigenvalue weighted by Crippen LogP contribution is -2.48. The highest BCUT2D eigenvalue weighted by Gasteiger charge is 2.55. The summed E-state index contributed by atoms with van der Waals surface area (Å²) < 4.78 is 23.4. The fourth-order valence-electron chi connectivity index (χ4n) is 3.42. The third-order valence-electron chi connectivity index (χ3n) is 5.00. The van der Waals surface area contributed by atoms with E-state index in [9.17, 15) is 23.1 Å². The normalized spacial score (nSPS) is 31.6. The Hall–Kier alpha value is -1.93. The van der Waals surface area contributed by atoms with Gasteiger partial charge in [-0.1, -0.05) is 38.1 Å². The van der Waals surface area contributed by atoms with Gasteiger partial charge in [0.15, 0.2) is 9.84 Å². The zero-order valence-electron chi connectivity index (χ0n) is 14.4. The van der Waals surface area contributed by atoms with Gasteiger partial charge in [0.05, 0.1) is 23.7 Å². The number of hydrogen-bond acceptors (Lipinski definition) is 5. The van der Waals surface area contributed by atoms with Gasteiger partial charge < -0.3 is 10.4 Å². The summed E-state index contributed by atoms with van der Waals surface area (Å²) in [6.45, 7) is 5.71. The van der Waals surface area contributed by atoms with E-state index in [-0.39, 0.29) is 0 Å². The van der Waals surface area contributed by atoms with Crippen LogP contribution in [-0.4, -0.2) is 54.0 Å². The van der Waals surface area contributed by atoms with Gasteiger partial charge in [0.2, 0.25) is 0 Å². The van der Waals surface area contributed by atoms with Gasteiger partial charge in [0.1, 0.15) is 5.54 Å². The molecule has 3 amide bonds. The molecule has 2 N–H and O–H groups in total. The van der Waals surface area contributed by atoms with Crippen LogP contribution in [0.1, 0.15) is 37.8 Å². The molecule has 0 saturated carbocycles. The van der Waals surface area contributed by atoms with Gasteiger partial charge >= 0.3 is 6.03 Å². The van der Waals surface area contributed by atoms with Gasteiger partial charge in [0.25, 0.3) is 5.91 Å². The second kappa shape index (κ2) is 5.81. The number of sulfone groups is 1. The molecule has 2 heterocycles. The molecule has 25 heavy (non-hydrogen) atoms. The van der Waals surface area contributed by atoms with E-state index in [0.29, 0.717) is 11.5 Å². The zero-order chi connectivity index (χ0) is 18.6. The number of aliphatic hydroxyl groups excluding tert-OH is 1. The highest BCUT2D eigenvalue weighted by Crippen LogP contribution is 2.33. The van der Waals surface area contributed by atoms with Gasteiger partial charge in [-0.2, -0.15) is 0 Å². The Kier molecular flexibility index (Phi) is 4.15. The fourth-order valence-corrected chi connectivity index (χ4v) is 5.19. The molecule has 0 aromatic heterocycles. The number of carbonyl (C=O) groups excluding carboxylic acids is 2. The van der Waals surface area contributed by atoms with Crippen LogP contribution >= 0.6 is 0 Å². The number of nitrogens with zero attached hydrogens (tertiary/aromatic N) is 1. The van der Waals surface area contributed by atoms with Crippen LogP contribution in [0, 0.1) is 0 Å². The van der Waals surface area contributed by atoms with E-state index in [0.717, 1.165) is 10.5 Å². The molecule has 2 saturated heterocycles. The average molecular weight is 366 g/mol. The molecule has 0 aliphatic carbocycles. The number of carbonyl (C=O) groups is 2. The van der Waals surface area contributed by atoms with Crippen molar-refractivity contribution in [3.8, 4) is 0 Å². The van der Waals surface area contributed by atoms with Crippen molar-refractivity contribution < 1.29 is 23.1 Å². The van der Waals surface area contributed by atoms with Crippen molar-refractivity contribution in [1.82, 2.24) is 10.2 Å². The molecular weight excluding hydrogens is 344 g/mol. The molecule has 0 bridgehead atoms. The van der Waals surface area contributed by atoms with Gasteiger partial charge in [-0.15, -0.1) is 0 Å². The van der Waals surface area contributed by atoms with Gasteiger partial charge in [-0.05, 0) is 24.0 Å². The van der Waals surface area contributed by atoms with Gasteiger partial charge in [0, 0.05) is 0 Å². The first-order chi connectivity index (χ1) is 11.5. The summed E-state index contributed by atoms with van der Waals surface area (Å²) in [4.78, 5) is 26.2. The van der Waals surface area contributed by atoms with Crippen molar-refractivity contribution in [3.05, 3.63) is 35.4 Å². The smallest absolute Gasteiger partial charge is 0.325 e.